The van der Waals surface area contributed by atoms with Crippen LogP contribution >= 0.6 is 0 Å². The van der Waals surface area contributed by atoms with Gasteiger partial charge in [-0.25, -0.2) is 4.79 Å². The van der Waals surface area contributed by atoms with Crippen LogP contribution in [0.3, 0.4) is 0 Å². The van der Waals surface area contributed by atoms with Crippen LogP contribution in [-0.4, -0.2) is 37.1 Å². The van der Waals surface area contributed by atoms with Gasteiger partial charge in [-0.15, -0.1) is 0 Å². The molecule has 18 heavy (non-hydrogen) atoms. The predicted molar refractivity (Wildman–Crippen MR) is 65.3 cm³/mol. The molecule has 1 spiro atoms. The summed E-state index contributed by atoms with van der Waals surface area (Å²) >= 11 is 0. The Kier molecular flexibility index (Phi) is 2.29. The number of carbonyl (C=O) groups is 2. The van der Waals surface area contributed by atoms with Gasteiger partial charge >= 0.3 is 6.09 Å². The molecule has 5 nitrogen and oxygen atoms in total. The van der Waals surface area contributed by atoms with Gasteiger partial charge in [-0.1, -0.05) is 18.2 Å². The van der Waals surface area contributed by atoms with Gasteiger partial charge in [0.25, 0.3) is 0 Å². The lowest BCUT2D eigenvalue weighted by Gasteiger charge is -2.21. The molecule has 1 N–H and O–H groups in total. The summed E-state index contributed by atoms with van der Waals surface area (Å²) in [5.41, 5.74) is 1.25. The van der Waals surface area contributed by atoms with Gasteiger partial charge in [-0.2, -0.15) is 0 Å². The molecular formula is C13H14N2O3. The van der Waals surface area contributed by atoms with E-state index in [1.54, 1.807) is 4.90 Å². The highest BCUT2D eigenvalue weighted by atomic mass is 16.5. The Hall–Kier alpha value is -2.04. The molecule has 0 radical (unpaired) electrons. The van der Waals surface area contributed by atoms with Gasteiger partial charge in [0.1, 0.15) is 0 Å². The number of ether oxygens (including phenoxy) is 1. The van der Waals surface area contributed by atoms with Crippen molar-refractivity contribution < 1.29 is 14.3 Å². The molecule has 1 fully saturated rings. The highest BCUT2D eigenvalue weighted by molar-refractivity contribution is 6.07. The number of nitrogens with one attached hydrogen (secondary N) is 1. The number of rotatable bonds is 0. The van der Waals surface area contributed by atoms with E-state index in [1.807, 2.05) is 24.3 Å². The maximum Gasteiger partial charge on any atom is 0.409 e. The van der Waals surface area contributed by atoms with Crippen molar-refractivity contribution in [3.63, 3.8) is 0 Å². The molecule has 94 valence electrons. The first-order valence-electron chi connectivity index (χ1n) is 5.91. The van der Waals surface area contributed by atoms with Crippen LogP contribution in [-0.2, 0) is 14.9 Å². The van der Waals surface area contributed by atoms with Gasteiger partial charge in [0, 0.05) is 18.8 Å². The molecule has 0 bridgehead atoms. The molecular weight excluding hydrogens is 232 g/mol. The lowest BCUT2D eigenvalue weighted by Crippen LogP contribution is -2.39. The predicted octanol–water partition coefficient (Wildman–Crippen LogP) is 1.35. The van der Waals surface area contributed by atoms with E-state index >= 15 is 0 Å². The van der Waals surface area contributed by atoms with E-state index in [0.717, 1.165) is 11.3 Å². The molecule has 2 amide bonds. The summed E-state index contributed by atoms with van der Waals surface area (Å²) in [6, 6.07) is 7.66. The quantitative estimate of drug-likeness (QED) is 0.751. The largest absolute Gasteiger partial charge is 0.453 e. The van der Waals surface area contributed by atoms with Crippen LogP contribution in [0.1, 0.15) is 12.0 Å². The third-order valence-corrected chi connectivity index (χ3v) is 3.83. The number of methoxy groups -OCH3 is 1. The van der Waals surface area contributed by atoms with E-state index in [4.69, 9.17) is 4.74 Å². The molecule has 0 unspecified atom stereocenters. The Bertz CT molecular complexity index is 529. The minimum Gasteiger partial charge on any atom is -0.453 e. The van der Waals surface area contributed by atoms with Gasteiger partial charge in [0.15, 0.2) is 0 Å². The second-order valence-electron chi connectivity index (χ2n) is 4.72. The fourth-order valence-electron chi connectivity index (χ4n) is 2.87. The lowest BCUT2D eigenvalue weighted by molar-refractivity contribution is -0.120. The number of benzene rings is 1. The monoisotopic (exact) mass is 246 g/mol. The zero-order valence-electron chi connectivity index (χ0n) is 10.1. The summed E-state index contributed by atoms with van der Waals surface area (Å²) in [7, 11) is 1.36. The van der Waals surface area contributed by atoms with Gasteiger partial charge in [-0.05, 0) is 18.1 Å². The minimum atomic E-state index is -0.592. The summed E-state index contributed by atoms with van der Waals surface area (Å²) in [5.74, 6) is -0.0184. The van der Waals surface area contributed by atoms with E-state index in [9.17, 15) is 9.59 Å². The molecule has 1 atom stereocenters. The van der Waals surface area contributed by atoms with Crippen LogP contribution in [0, 0.1) is 0 Å². The number of amides is 2. The summed E-state index contributed by atoms with van der Waals surface area (Å²) in [4.78, 5) is 25.4. The van der Waals surface area contributed by atoms with Gasteiger partial charge in [-0.3, -0.25) is 4.79 Å². The Balaban J connectivity index is 1.97. The molecule has 1 aromatic carbocycles. The van der Waals surface area contributed by atoms with Crippen molar-refractivity contribution in [2.45, 2.75) is 11.8 Å². The van der Waals surface area contributed by atoms with E-state index < -0.39 is 5.41 Å². The number of hydrogen-bond donors (Lipinski definition) is 1. The van der Waals surface area contributed by atoms with E-state index in [2.05, 4.69) is 5.32 Å². The summed E-state index contributed by atoms with van der Waals surface area (Å²) in [5, 5.41) is 2.89. The van der Waals surface area contributed by atoms with E-state index in [-0.39, 0.29) is 12.0 Å². The standard InChI is InChI=1S/C13H14N2O3/c1-18-12(17)15-7-6-13(8-15)9-4-2-3-5-10(9)14-11(13)16/h2-5H,6-8H2,1H3,(H,14,16)/t13-/m1/s1. The third-order valence-electron chi connectivity index (χ3n) is 3.83. The first kappa shape index (κ1) is 11.1. The number of anilines is 1. The molecule has 1 saturated heterocycles. The average Bonchev–Trinajstić information content (AvgIpc) is 2.94. The number of carbonyl (C=O) groups excluding carboxylic acids is 2. The van der Waals surface area contributed by atoms with Crippen LogP contribution in [0.15, 0.2) is 24.3 Å². The summed E-state index contributed by atoms with van der Waals surface area (Å²) in [6.07, 6.45) is 0.273. The van der Waals surface area contributed by atoms with Crippen molar-refractivity contribution in [1.29, 1.82) is 0 Å². The fraction of sp³-hybridized carbons (Fsp3) is 0.385. The first-order valence-corrected chi connectivity index (χ1v) is 5.91. The topological polar surface area (TPSA) is 58.6 Å². The van der Waals surface area contributed by atoms with Crippen LogP contribution in [0.5, 0.6) is 0 Å². The van der Waals surface area contributed by atoms with Crippen molar-refractivity contribution in [1.82, 2.24) is 4.90 Å². The maximum absolute atomic E-state index is 12.2. The first-order chi connectivity index (χ1) is 8.67. The zero-order chi connectivity index (χ0) is 12.8. The van der Waals surface area contributed by atoms with Gasteiger partial charge in [0.2, 0.25) is 5.91 Å². The van der Waals surface area contributed by atoms with Gasteiger partial charge < -0.3 is 15.0 Å². The second kappa shape index (κ2) is 3.73. The Morgan fingerprint density at radius 3 is 3.00 bits per heavy atom. The molecule has 2 heterocycles. The lowest BCUT2D eigenvalue weighted by atomic mass is 9.81. The molecule has 0 aliphatic carbocycles. The Morgan fingerprint density at radius 1 is 1.44 bits per heavy atom. The second-order valence-corrected chi connectivity index (χ2v) is 4.72. The molecule has 5 heteroatoms. The highest BCUT2D eigenvalue weighted by Crippen LogP contribution is 2.43. The minimum absolute atomic E-state index is 0.0184. The molecule has 0 aromatic heterocycles. The molecule has 2 aliphatic heterocycles. The number of hydrogen-bond acceptors (Lipinski definition) is 3. The summed E-state index contributed by atoms with van der Waals surface area (Å²) in [6.45, 7) is 0.941. The van der Waals surface area contributed by atoms with E-state index in [1.165, 1.54) is 7.11 Å². The number of likely N-dealkylation sites (tertiary alicyclic amines) is 1. The van der Waals surface area contributed by atoms with Crippen molar-refractivity contribution in [2.75, 3.05) is 25.5 Å². The smallest absolute Gasteiger partial charge is 0.409 e. The Morgan fingerprint density at radius 2 is 2.22 bits per heavy atom. The SMILES string of the molecule is COC(=O)N1CC[C@]2(C1)C(=O)Nc1ccccc12. The normalized spacial score (nSPS) is 25.2. The van der Waals surface area contributed by atoms with Crippen molar-refractivity contribution in [2.24, 2.45) is 0 Å². The van der Waals surface area contributed by atoms with E-state index in [0.29, 0.717) is 19.5 Å². The number of fused-ring (bicyclic) bond motifs is 2. The molecule has 0 saturated carbocycles. The van der Waals surface area contributed by atoms with Crippen LogP contribution in [0.2, 0.25) is 0 Å². The highest BCUT2D eigenvalue weighted by Gasteiger charge is 2.52. The average molecular weight is 246 g/mol. The van der Waals surface area contributed by atoms with Crippen molar-refractivity contribution in [3.05, 3.63) is 29.8 Å². The fourth-order valence-corrected chi connectivity index (χ4v) is 2.87. The number of nitrogens with zero attached hydrogens (tertiary/aromatic N) is 1. The van der Waals surface area contributed by atoms with Crippen LogP contribution in [0.4, 0.5) is 10.5 Å². The van der Waals surface area contributed by atoms with Crippen LogP contribution < -0.4 is 5.32 Å². The maximum atomic E-state index is 12.2. The van der Waals surface area contributed by atoms with Gasteiger partial charge in [0.05, 0.1) is 12.5 Å². The zero-order valence-corrected chi connectivity index (χ0v) is 10.1. The van der Waals surface area contributed by atoms with Crippen molar-refractivity contribution >= 4 is 17.7 Å². The van der Waals surface area contributed by atoms with Crippen LogP contribution in [0.25, 0.3) is 0 Å². The molecule has 1 aromatic rings. The third kappa shape index (κ3) is 1.33. The molecule has 2 aliphatic rings. The molecule has 3 rings (SSSR count). The Labute approximate surface area is 105 Å². The van der Waals surface area contributed by atoms with Crippen molar-refractivity contribution in [3.8, 4) is 0 Å². The summed E-state index contributed by atoms with van der Waals surface area (Å²) < 4.78 is 4.72. The number of para-hydroxylation sites is 1.